The molecule has 2 aromatic carbocycles. The second-order valence-corrected chi connectivity index (χ2v) is 7.82. The zero-order chi connectivity index (χ0) is 17.7. The number of thiophene rings is 1. The first kappa shape index (κ1) is 15.5. The molecule has 128 valence electrons. The summed E-state index contributed by atoms with van der Waals surface area (Å²) >= 11 is 1.77. The maximum Gasteiger partial charge on any atom is 0.261 e. The topological polar surface area (TPSA) is 37.4 Å². The summed E-state index contributed by atoms with van der Waals surface area (Å²) < 4.78 is 0. The first-order chi connectivity index (χ1) is 12.7. The van der Waals surface area contributed by atoms with Crippen molar-refractivity contribution in [3.05, 3.63) is 92.7 Å². The van der Waals surface area contributed by atoms with E-state index in [0.717, 1.165) is 12.8 Å². The Bertz CT molecular complexity index is 1000. The molecule has 0 bridgehead atoms. The Morgan fingerprint density at radius 1 is 0.846 bits per heavy atom. The molecule has 3 aromatic rings. The van der Waals surface area contributed by atoms with E-state index < -0.39 is 0 Å². The highest BCUT2D eigenvalue weighted by Gasteiger charge is 2.38. The molecule has 2 aliphatic rings. The van der Waals surface area contributed by atoms with Crippen molar-refractivity contribution in [2.75, 3.05) is 6.54 Å². The lowest BCUT2D eigenvalue weighted by atomic mass is 9.89. The van der Waals surface area contributed by atoms with Gasteiger partial charge in [0.1, 0.15) is 0 Å². The van der Waals surface area contributed by atoms with Crippen molar-refractivity contribution in [2.45, 2.75) is 18.8 Å². The van der Waals surface area contributed by atoms with Gasteiger partial charge in [-0.25, -0.2) is 0 Å². The van der Waals surface area contributed by atoms with Gasteiger partial charge in [0, 0.05) is 17.3 Å². The highest BCUT2D eigenvalue weighted by atomic mass is 32.1. The molecule has 1 aromatic heterocycles. The Labute approximate surface area is 155 Å². The van der Waals surface area contributed by atoms with Crippen LogP contribution in [-0.2, 0) is 12.8 Å². The number of carbonyl (C=O) groups is 2. The molecule has 1 atom stereocenters. The second kappa shape index (κ2) is 5.92. The van der Waals surface area contributed by atoms with Gasteiger partial charge in [-0.15, -0.1) is 11.3 Å². The fourth-order valence-corrected chi connectivity index (χ4v) is 5.11. The summed E-state index contributed by atoms with van der Waals surface area (Å²) in [6.45, 7) is 0.396. The van der Waals surface area contributed by atoms with Gasteiger partial charge >= 0.3 is 0 Å². The third-order valence-corrected chi connectivity index (χ3v) is 6.45. The number of hydrogen-bond acceptors (Lipinski definition) is 3. The van der Waals surface area contributed by atoms with Crippen LogP contribution >= 0.6 is 11.3 Å². The van der Waals surface area contributed by atoms with Crippen molar-refractivity contribution >= 4 is 23.2 Å². The van der Waals surface area contributed by atoms with Gasteiger partial charge in [0.15, 0.2) is 0 Å². The molecule has 1 aliphatic carbocycles. The van der Waals surface area contributed by atoms with Gasteiger partial charge in [-0.1, -0.05) is 36.4 Å². The van der Waals surface area contributed by atoms with Crippen LogP contribution in [0, 0.1) is 0 Å². The molecule has 1 unspecified atom stereocenters. The minimum atomic E-state index is -0.177. The Kier molecular flexibility index (Phi) is 3.54. The number of nitrogens with zero attached hydrogens (tertiary/aromatic N) is 1. The highest BCUT2D eigenvalue weighted by molar-refractivity contribution is 7.10. The summed E-state index contributed by atoms with van der Waals surface area (Å²) in [4.78, 5) is 28.5. The van der Waals surface area contributed by atoms with Gasteiger partial charge in [0.05, 0.1) is 11.1 Å². The van der Waals surface area contributed by atoms with E-state index in [0.29, 0.717) is 17.7 Å². The molecule has 3 nitrogen and oxygen atoms in total. The zero-order valence-electron chi connectivity index (χ0n) is 14.1. The largest absolute Gasteiger partial charge is 0.273 e. The van der Waals surface area contributed by atoms with Crippen LogP contribution in [0.2, 0.25) is 0 Å². The molecule has 2 heterocycles. The van der Waals surface area contributed by atoms with Gasteiger partial charge < -0.3 is 0 Å². The number of hydrogen-bond donors (Lipinski definition) is 0. The smallest absolute Gasteiger partial charge is 0.261 e. The molecule has 1 aliphatic heterocycles. The number of carbonyl (C=O) groups excluding carboxylic acids is 2. The normalized spacial score (nSPS) is 18.3. The molecule has 5 rings (SSSR count). The van der Waals surface area contributed by atoms with Crippen LogP contribution < -0.4 is 0 Å². The standard InChI is InChI=1S/C22H17NO2S/c24-21-17-7-3-4-8-18(17)22(25)23(21)13-19-15-6-2-1-5-14(15)9-10-20-16(19)11-12-26-20/h1-8,11-12,19H,9-10,13H2. The summed E-state index contributed by atoms with van der Waals surface area (Å²) in [6, 6.07) is 17.7. The van der Waals surface area contributed by atoms with Gasteiger partial charge in [0.2, 0.25) is 0 Å². The predicted octanol–water partition coefficient (Wildman–Crippen LogP) is 4.27. The number of aryl methyl sites for hydroxylation is 2. The minimum absolute atomic E-state index is 0.0390. The van der Waals surface area contributed by atoms with Gasteiger partial charge in [-0.05, 0) is 53.1 Å². The van der Waals surface area contributed by atoms with Crippen molar-refractivity contribution in [3.8, 4) is 0 Å². The van der Waals surface area contributed by atoms with Gasteiger partial charge in [-0.2, -0.15) is 0 Å². The van der Waals surface area contributed by atoms with Crippen molar-refractivity contribution in [2.24, 2.45) is 0 Å². The van der Waals surface area contributed by atoms with Crippen molar-refractivity contribution in [1.29, 1.82) is 0 Å². The van der Waals surface area contributed by atoms with E-state index in [2.05, 4.69) is 29.6 Å². The third-order valence-electron chi connectivity index (χ3n) is 5.45. The van der Waals surface area contributed by atoms with Crippen LogP contribution in [0.15, 0.2) is 60.0 Å². The number of benzene rings is 2. The number of rotatable bonds is 2. The lowest BCUT2D eigenvalue weighted by molar-refractivity contribution is 0.0649. The monoisotopic (exact) mass is 359 g/mol. The first-order valence-electron chi connectivity index (χ1n) is 8.83. The van der Waals surface area contributed by atoms with E-state index >= 15 is 0 Å². The van der Waals surface area contributed by atoms with Crippen LogP contribution in [0.5, 0.6) is 0 Å². The van der Waals surface area contributed by atoms with E-state index in [1.807, 2.05) is 18.2 Å². The Hall–Kier alpha value is -2.72. The number of imide groups is 1. The quantitative estimate of drug-likeness (QED) is 0.641. The summed E-state index contributed by atoms with van der Waals surface area (Å²) in [7, 11) is 0. The lowest BCUT2D eigenvalue weighted by Gasteiger charge is -2.24. The third kappa shape index (κ3) is 2.26. The highest BCUT2D eigenvalue weighted by Crippen LogP contribution is 2.38. The maximum absolute atomic E-state index is 12.8. The molecule has 0 saturated carbocycles. The average molecular weight is 359 g/mol. The van der Waals surface area contributed by atoms with Crippen LogP contribution in [0.25, 0.3) is 0 Å². The minimum Gasteiger partial charge on any atom is -0.273 e. The SMILES string of the molecule is O=C1c2ccccc2C(=O)N1CC1c2ccccc2CCc2sccc21. The molecule has 0 saturated heterocycles. The van der Waals surface area contributed by atoms with E-state index in [1.54, 1.807) is 23.5 Å². The summed E-state index contributed by atoms with van der Waals surface area (Å²) in [6.07, 6.45) is 2.02. The summed E-state index contributed by atoms with van der Waals surface area (Å²) in [5.74, 6) is -0.314. The van der Waals surface area contributed by atoms with Crippen LogP contribution in [0.3, 0.4) is 0 Å². The predicted molar refractivity (Wildman–Crippen MR) is 102 cm³/mol. The van der Waals surface area contributed by atoms with Gasteiger partial charge in [-0.3, -0.25) is 14.5 Å². The van der Waals surface area contributed by atoms with Crippen molar-refractivity contribution < 1.29 is 9.59 Å². The fraction of sp³-hybridized carbons (Fsp3) is 0.182. The summed E-state index contributed by atoms with van der Waals surface area (Å²) in [5.41, 5.74) is 4.85. The molecular weight excluding hydrogens is 342 g/mol. The van der Waals surface area contributed by atoms with Crippen molar-refractivity contribution in [3.63, 3.8) is 0 Å². The zero-order valence-corrected chi connectivity index (χ0v) is 15.0. The Morgan fingerprint density at radius 2 is 1.54 bits per heavy atom. The molecule has 4 heteroatoms. The first-order valence-corrected chi connectivity index (χ1v) is 9.71. The maximum atomic E-state index is 12.8. The van der Waals surface area contributed by atoms with Crippen LogP contribution in [0.1, 0.15) is 48.2 Å². The van der Waals surface area contributed by atoms with E-state index in [1.165, 1.54) is 26.5 Å². The molecule has 2 amide bonds. The average Bonchev–Trinajstić information content (AvgIpc) is 3.19. The second-order valence-electron chi connectivity index (χ2n) is 6.82. The van der Waals surface area contributed by atoms with Crippen LogP contribution in [0.4, 0.5) is 0 Å². The van der Waals surface area contributed by atoms with E-state index in [9.17, 15) is 9.59 Å². The fourth-order valence-electron chi connectivity index (χ4n) is 4.17. The lowest BCUT2D eigenvalue weighted by Crippen LogP contribution is -2.34. The molecule has 26 heavy (non-hydrogen) atoms. The molecule has 0 spiro atoms. The van der Waals surface area contributed by atoms with Crippen LogP contribution in [-0.4, -0.2) is 23.3 Å². The van der Waals surface area contributed by atoms with Crippen molar-refractivity contribution in [1.82, 2.24) is 4.90 Å². The van der Waals surface area contributed by atoms with Gasteiger partial charge in [0.25, 0.3) is 11.8 Å². The Balaban J connectivity index is 1.58. The van der Waals surface area contributed by atoms with E-state index in [4.69, 9.17) is 0 Å². The molecular formula is C22H17NO2S. The molecule has 0 fully saturated rings. The number of amides is 2. The Morgan fingerprint density at radius 3 is 2.31 bits per heavy atom. The number of fused-ring (bicyclic) bond motifs is 3. The summed E-state index contributed by atoms with van der Waals surface area (Å²) in [5, 5.41) is 2.12. The molecule has 0 N–H and O–H groups in total. The molecule has 0 radical (unpaired) electrons. The van der Waals surface area contributed by atoms with E-state index in [-0.39, 0.29) is 17.7 Å².